The lowest BCUT2D eigenvalue weighted by molar-refractivity contribution is -0.0505. The first kappa shape index (κ1) is 18.0. The Balaban J connectivity index is 2.94. The molecule has 5 nitrogen and oxygen atoms in total. The van der Waals surface area contributed by atoms with Crippen LogP contribution in [0.4, 0.5) is 8.78 Å². The number of halogens is 2. The third-order valence-electron chi connectivity index (χ3n) is 2.67. The molecule has 0 aromatic heterocycles. The zero-order chi connectivity index (χ0) is 16.5. The average molecular weight is 315 g/mol. The molecule has 22 heavy (non-hydrogen) atoms. The molecule has 0 saturated carbocycles. The van der Waals surface area contributed by atoms with E-state index in [1.54, 1.807) is 12.1 Å². The van der Waals surface area contributed by atoms with Crippen LogP contribution in [0.2, 0.25) is 0 Å². The standard InChI is InChI=1S/C15H23F2N3O2/c1-5-18-15(20-10(2)3)19-9-11-6-7-12(21-4)8-13(11)22-14(16)17/h6-8,10,14H,5,9H2,1-4H3,(H2,18,19,20). The van der Waals surface area contributed by atoms with Crippen LogP contribution in [-0.4, -0.2) is 32.3 Å². The number of rotatable bonds is 7. The summed E-state index contributed by atoms with van der Waals surface area (Å²) in [5.74, 6) is 1.14. The Hall–Kier alpha value is -2.05. The molecule has 1 aromatic rings. The predicted octanol–water partition coefficient (Wildman–Crippen LogP) is 2.76. The molecule has 0 atom stereocenters. The monoisotopic (exact) mass is 315 g/mol. The quantitative estimate of drug-likeness (QED) is 0.600. The molecule has 0 heterocycles. The van der Waals surface area contributed by atoms with Crippen molar-refractivity contribution in [2.24, 2.45) is 4.99 Å². The van der Waals surface area contributed by atoms with Gasteiger partial charge in [-0.05, 0) is 32.9 Å². The minimum atomic E-state index is -2.89. The Bertz CT molecular complexity index is 494. The number of alkyl halides is 2. The maximum atomic E-state index is 12.5. The van der Waals surface area contributed by atoms with Gasteiger partial charge in [-0.2, -0.15) is 8.78 Å². The summed E-state index contributed by atoms with van der Waals surface area (Å²) in [6.45, 7) is 3.97. The van der Waals surface area contributed by atoms with Crippen LogP contribution in [0.5, 0.6) is 11.5 Å². The van der Waals surface area contributed by atoms with Crippen molar-refractivity contribution in [2.75, 3.05) is 13.7 Å². The highest BCUT2D eigenvalue weighted by Gasteiger charge is 2.11. The number of guanidine groups is 1. The fourth-order valence-electron chi connectivity index (χ4n) is 1.76. The van der Waals surface area contributed by atoms with Crippen LogP contribution in [0.15, 0.2) is 23.2 Å². The topological polar surface area (TPSA) is 54.9 Å². The number of benzene rings is 1. The second-order valence-electron chi connectivity index (χ2n) is 4.85. The smallest absolute Gasteiger partial charge is 0.387 e. The number of ether oxygens (including phenoxy) is 2. The first-order chi connectivity index (χ1) is 10.5. The molecular weight excluding hydrogens is 292 g/mol. The zero-order valence-corrected chi connectivity index (χ0v) is 13.3. The minimum Gasteiger partial charge on any atom is -0.497 e. The molecule has 1 rings (SSSR count). The van der Waals surface area contributed by atoms with Gasteiger partial charge in [0.25, 0.3) is 0 Å². The molecule has 7 heteroatoms. The zero-order valence-electron chi connectivity index (χ0n) is 13.3. The maximum Gasteiger partial charge on any atom is 0.387 e. The van der Waals surface area contributed by atoms with Crippen molar-refractivity contribution >= 4 is 5.96 Å². The lowest BCUT2D eigenvalue weighted by Gasteiger charge is -2.15. The van der Waals surface area contributed by atoms with Crippen molar-refractivity contribution in [2.45, 2.75) is 40.0 Å². The van der Waals surface area contributed by atoms with E-state index in [2.05, 4.69) is 20.4 Å². The van der Waals surface area contributed by atoms with Gasteiger partial charge < -0.3 is 20.1 Å². The number of hydrogen-bond donors (Lipinski definition) is 2. The Morgan fingerprint density at radius 2 is 2.05 bits per heavy atom. The Morgan fingerprint density at radius 3 is 2.59 bits per heavy atom. The number of hydrogen-bond acceptors (Lipinski definition) is 3. The molecule has 0 spiro atoms. The van der Waals surface area contributed by atoms with E-state index in [0.717, 1.165) is 0 Å². The van der Waals surface area contributed by atoms with Gasteiger partial charge in [0.15, 0.2) is 5.96 Å². The van der Waals surface area contributed by atoms with E-state index in [9.17, 15) is 8.78 Å². The third-order valence-corrected chi connectivity index (χ3v) is 2.67. The predicted molar refractivity (Wildman–Crippen MR) is 82.7 cm³/mol. The molecule has 0 bridgehead atoms. The van der Waals surface area contributed by atoms with E-state index in [0.29, 0.717) is 23.8 Å². The molecule has 0 aliphatic rings. The van der Waals surface area contributed by atoms with Crippen LogP contribution in [0.25, 0.3) is 0 Å². The van der Waals surface area contributed by atoms with E-state index in [1.165, 1.54) is 13.2 Å². The van der Waals surface area contributed by atoms with Crippen molar-refractivity contribution in [1.29, 1.82) is 0 Å². The summed E-state index contributed by atoms with van der Waals surface area (Å²) in [6.07, 6.45) is 0. The number of methoxy groups -OCH3 is 1. The number of nitrogens with one attached hydrogen (secondary N) is 2. The SMILES string of the molecule is CCNC(=NCc1ccc(OC)cc1OC(F)F)NC(C)C. The average Bonchev–Trinajstić information content (AvgIpc) is 2.44. The lowest BCUT2D eigenvalue weighted by Crippen LogP contribution is -2.41. The number of nitrogens with zero attached hydrogens (tertiary/aromatic N) is 1. The summed E-state index contributed by atoms with van der Waals surface area (Å²) in [5.41, 5.74) is 0.557. The Kier molecular flexibility index (Phi) is 7.42. The van der Waals surface area contributed by atoms with Gasteiger partial charge in [-0.1, -0.05) is 0 Å². The van der Waals surface area contributed by atoms with E-state index in [-0.39, 0.29) is 18.3 Å². The normalized spacial score (nSPS) is 11.7. The van der Waals surface area contributed by atoms with Crippen molar-refractivity contribution in [3.63, 3.8) is 0 Å². The molecule has 124 valence electrons. The Labute approximate surface area is 129 Å². The van der Waals surface area contributed by atoms with Crippen molar-refractivity contribution in [3.05, 3.63) is 23.8 Å². The van der Waals surface area contributed by atoms with E-state index in [1.807, 2.05) is 20.8 Å². The molecule has 0 aliphatic carbocycles. The molecular formula is C15H23F2N3O2. The summed E-state index contributed by atoms with van der Waals surface area (Å²) < 4.78 is 34.6. The van der Waals surface area contributed by atoms with Crippen molar-refractivity contribution in [3.8, 4) is 11.5 Å². The molecule has 0 saturated heterocycles. The van der Waals surface area contributed by atoms with Gasteiger partial charge in [-0.15, -0.1) is 0 Å². The largest absolute Gasteiger partial charge is 0.497 e. The van der Waals surface area contributed by atoms with Gasteiger partial charge in [0.05, 0.1) is 13.7 Å². The maximum absolute atomic E-state index is 12.5. The second-order valence-corrected chi connectivity index (χ2v) is 4.85. The molecule has 0 fully saturated rings. The Morgan fingerprint density at radius 1 is 1.32 bits per heavy atom. The van der Waals surface area contributed by atoms with Gasteiger partial charge in [0, 0.05) is 24.2 Å². The van der Waals surface area contributed by atoms with Crippen molar-refractivity contribution in [1.82, 2.24) is 10.6 Å². The molecule has 0 radical (unpaired) electrons. The second kappa shape index (κ2) is 9.07. The van der Waals surface area contributed by atoms with Gasteiger partial charge in [0.2, 0.25) is 0 Å². The van der Waals surface area contributed by atoms with Crippen LogP contribution in [0.3, 0.4) is 0 Å². The molecule has 0 amide bonds. The van der Waals surface area contributed by atoms with Crippen LogP contribution >= 0.6 is 0 Å². The molecule has 0 aliphatic heterocycles. The first-order valence-corrected chi connectivity index (χ1v) is 7.12. The van der Waals surface area contributed by atoms with Crippen LogP contribution in [-0.2, 0) is 6.54 Å². The third kappa shape index (κ3) is 6.15. The lowest BCUT2D eigenvalue weighted by atomic mass is 10.2. The summed E-state index contributed by atoms with van der Waals surface area (Å²) in [6, 6.07) is 5.00. The van der Waals surface area contributed by atoms with Crippen LogP contribution < -0.4 is 20.1 Å². The van der Waals surface area contributed by atoms with Gasteiger partial charge >= 0.3 is 6.61 Å². The summed E-state index contributed by atoms with van der Waals surface area (Å²) in [5, 5.41) is 6.25. The van der Waals surface area contributed by atoms with Gasteiger partial charge in [0.1, 0.15) is 11.5 Å². The number of aliphatic imine (C=N–C) groups is 1. The highest BCUT2D eigenvalue weighted by molar-refractivity contribution is 5.80. The summed E-state index contributed by atoms with van der Waals surface area (Å²) in [7, 11) is 1.47. The van der Waals surface area contributed by atoms with Gasteiger partial charge in [-0.3, -0.25) is 0 Å². The summed E-state index contributed by atoms with van der Waals surface area (Å²) in [4.78, 5) is 4.38. The first-order valence-electron chi connectivity index (χ1n) is 7.12. The van der Waals surface area contributed by atoms with Crippen molar-refractivity contribution < 1.29 is 18.3 Å². The fourth-order valence-corrected chi connectivity index (χ4v) is 1.76. The van der Waals surface area contributed by atoms with Crippen LogP contribution in [0.1, 0.15) is 26.3 Å². The van der Waals surface area contributed by atoms with E-state index < -0.39 is 6.61 Å². The summed E-state index contributed by atoms with van der Waals surface area (Å²) >= 11 is 0. The molecule has 0 unspecified atom stereocenters. The fraction of sp³-hybridized carbons (Fsp3) is 0.533. The highest BCUT2D eigenvalue weighted by atomic mass is 19.3. The molecule has 1 aromatic carbocycles. The van der Waals surface area contributed by atoms with E-state index in [4.69, 9.17) is 4.74 Å². The van der Waals surface area contributed by atoms with E-state index >= 15 is 0 Å². The minimum absolute atomic E-state index is 0.0681. The molecule has 2 N–H and O–H groups in total. The van der Waals surface area contributed by atoms with Gasteiger partial charge in [-0.25, -0.2) is 4.99 Å². The van der Waals surface area contributed by atoms with Crippen LogP contribution in [0, 0.1) is 0 Å². The highest BCUT2D eigenvalue weighted by Crippen LogP contribution is 2.27.